The van der Waals surface area contributed by atoms with Crippen molar-refractivity contribution in [1.82, 2.24) is 9.78 Å². The summed E-state index contributed by atoms with van der Waals surface area (Å²) >= 11 is 0. The van der Waals surface area contributed by atoms with Gasteiger partial charge in [-0.1, -0.05) is 0 Å². The van der Waals surface area contributed by atoms with E-state index in [0.29, 0.717) is 5.69 Å². The van der Waals surface area contributed by atoms with Gasteiger partial charge in [0.25, 0.3) is 0 Å². The molecule has 0 atom stereocenters. The summed E-state index contributed by atoms with van der Waals surface area (Å²) < 4.78 is 11.7. The third-order valence-electron chi connectivity index (χ3n) is 2.61. The summed E-state index contributed by atoms with van der Waals surface area (Å²) in [5.74, 6) is -0.340. The lowest BCUT2D eigenvalue weighted by Gasteiger charge is -2.07. The predicted molar refractivity (Wildman–Crippen MR) is 67.8 cm³/mol. The summed E-state index contributed by atoms with van der Waals surface area (Å²) in [5, 5.41) is 13.0. The van der Waals surface area contributed by atoms with Crippen LogP contribution in [-0.2, 0) is 11.3 Å². The predicted octanol–water partition coefficient (Wildman–Crippen LogP) is 1.73. The molecule has 0 bridgehead atoms. The van der Waals surface area contributed by atoms with Crippen LogP contribution in [0.25, 0.3) is 5.69 Å². The highest BCUT2D eigenvalue weighted by Gasteiger charge is 2.14. The smallest absolute Gasteiger partial charge is 0.356 e. The van der Waals surface area contributed by atoms with Gasteiger partial charge in [-0.15, -0.1) is 0 Å². The fourth-order valence-electron chi connectivity index (χ4n) is 1.72. The zero-order valence-electron chi connectivity index (χ0n) is 10.7. The monoisotopic (exact) mass is 262 g/mol. The van der Waals surface area contributed by atoms with Gasteiger partial charge in [0.2, 0.25) is 0 Å². The molecule has 1 heterocycles. The minimum absolute atomic E-state index is 0.0112. The van der Waals surface area contributed by atoms with Gasteiger partial charge in [0.15, 0.2) is 5.69 Å². The van der Waals surface area contributed by atoms with Crippen LogP contribution in [0.4, 0.5) is 0 Å². The number of hydrogen-bond donors (Lipinski definition) is 1. The molecule has 0 aliphatic rings. The van der Waals surface area contributed by atoms with E-state index >= 15 is 0 Å². The van der Waals surface area contributed by atoms with E-state index in [4.69, 9.17) is 14.6 Å². The number of methoxy groups -OCH3 is 2. The van der Waals surface area contributed by atoms with E-state index in [1.165, 1.54) is 6.07 Å². The number of rotatable bonds is 5. The average molecular weight is 262 g/mol. The molecule has 0 aliphatic heterocycles. The number of nitrogens with zero attached hydrogens (tertiary/aromatic N) is 2. The van der Waals surface area contributed by atoms with Gasteiger partial charge in [0.1, 0.15) is 5.75 Å². The molecular weight excluding hydrogens is 248 g/mol. The molecule has 0 fully saturated rings. The Bertz CT molecular complexity index is 575. The SMILES string of the molecule is COCc1cc(C(=O)O)nn1-c1ccc(OC)cc1. The van der Waals surface area contributed by atoms with Crippen molar-refractivity contribution in [3.8, 4) is 11.4 Å². The molecule has 0 saturated heterocycles. The molecule has 0 aliphatic carbocycles. The molecule has 19 heavy (non-hydrogen) atoms. The molecule has 2 aromatic rings. The van der Waals surface area contributed by atoms with Crippen LogP contribution in [0, 0.1) is 0 Å². The van der Waals surface area contributed by atoms with Crippen LogP contribution in [-0.4, -0.2) is 35.1 Å². The maximum absolute atomic E-state index is 11.0. The lowest BCUT2D eigenvalue weighted by Crippen LogP contribution is -2.04. The summed E-state index contributed by atoms with van der Waals surface area (Å²) in [7, 11) is 3.13. The Morgan fingerprint density at radius 3 is 2.53 bits per heavy atom. The first-order valence-electron chi connectivity index (χ1n) is 5.61. The molecule has 0 unspecified atom stereocenters. The summed E-state index contributed by atoms with van der Waals surface area (Å²) in [6, 6.07) is 8.67. The van der Waals surface area contributed by atoms with Crippen LogP contribution in [0.1, 0.15) is 16.2 Å². The molecule has 1 aromatic carbocycles. The van der Waals surface area contributed by atoms with E-state index in [1.807, 2.05) is 0 Å². The third kappa shape index (κ3) is 2.74. The Kier molecular flexibility index (Phi) is 3.82. The minimum atomic E-state index is -1.07. The number of aromatic nitrogens is 2. The maximum atomic E-state index is 11.0. The second-order valence-corrected chi connectivity index (χ2v) is 3.87. The average Bonchev–Trinajstić information content (AvgIpc) is 2.84. The number of benzene rings is 1. The summed E-state index contributed by atoms with van der Waals surface area (Å²) in [4.78, 5) is 11.0. The van der Waals surface area contributed by atoms with Crippen molar-refractivity contribution in [3.63, 3.8) is 0 Å². The number of carboxylic acids is 1. The largest absolute Gasteiger partial charge is 0.497 e. The van der Waals surface area contributed by atoms with Crippen LogP contribution < -0.4 is 4.74 Å². The summed E-state index contributed by atoms with van der Waals surface area (Å²) in [6.07, 6.45) is 0. The number of hydrogen-bond acceptors (Lipinski definition) is 4. The van der Waals surface area contributed by atoms with Crippen molar-refractivity contribution in [2.24, 2.45) is 0 Å². The van der Waals surface area contributed by atoms with E-state index in [2.05, 4.69) is 5.10 Å². The molecule has 0 amide bonds. The number of aromatic carboxylic acids is 1. The van der Waals surface area contributed by atoms with E-state index in [1.54, 1.807) is 43.2 Å². The summed E-state index contributed by atoms with van der Waals surface area (Å²) in [6.45, 7) is 0.284. The van der Waals surface area contributed by atoms with Crippen LogP contribution >= 0.6 is 0 Å². The van der Waals surface area contributed by atoms with Gasteiger partial charge in [-0.3, -0.25) is 0 Å². The molecule has 0 saturated carbocycles. The highest BCUT2D eigenvalue weighted by atomic mass is 16.5. The molecule has 1 N–H and O–H groups in total. The zero-order valence-corrected chi connectivity index (χ0v) is 10.7. The zero-order chi connectivity index (χ0) is 13.8. The van der Waals surface area contributed by atoms with Crippen molar-refractivity contribution >= 4 is 5.97 Å². The topological polar surface area (TPSA) is 73.6 Å². The molecule has 100 valence electrons. The van der Waals surface area contributed by atoms with E-state index in [9.17, 15) is 4.79 Å². The molecule has 6 heteroatoms. The number of ether oxygens (including phenoxy) is 2. The maximum Gasteiger partial charge on any atom is 0.356 e. The second-order valence-electron chi connectivity index (χ2n) is 3.87. The Labute approximate surface area is 110 Å². The van der Waals surface area contributed by atoms with E-state index in [-0.39, 0.29) is 12.3 Å². The van der Waals surface area contributed by atoms with Gasteiger partial charge in [-0.05, 0) is 30.3 Å². The third-order valence-corrected chi connectivity index (χ3v) is 2.61. The van der Waals surface area contributed by atoms with Gasteiger partial charge in [0, 0.05) is 7.11 Å². The van der Waals surface area contributed by atoms with Gasteiger partial charge < -0.3 is 14.6 Å². The first-order chi connectivity index (χ1) is 9.15. The van der Waals surface area contributed by atoms with Crippen LogP contribution in [0.15, 0.2) is 30.3 Å². The lowest BCUT2D eigenvalue weighted by molar-refractivity contribution is 0.0690. The Hall–Kier alpha value is -2.34. The molecule has 1 aromatic heterocycles. The highest BCUT2D eigenvalue weighted by Crippen LogP contribution is 2.17. The standard InChI is InChI=1S/C13H14N2O4/c1-18-8-10-7-12(13(16)17)14-15(10)9-3-5-11(19-2)6-4-9/h3-7H,8H2,1-2H3,(H,16,17). The summed E-state index contributed by atoms with van der Waals surface area (Å²) in [5.41, 5.74) is 1.41. The second kappa shape index (κ2) is 5.53. The normalized spacial score (nSPS) is 10.4. The number of carbonyl (C=O) groups is 1. The van der Waals surface area contributed by atoms with E-state index in [0.717, 1.165) is 11.4 Å². The fourth-order valence-corrected chi connectivity index (χ4v) is 1.72. The quantitative estimate of drug-likeness (QED) is 0.888. The molecule has 0 spiro atoms. The fraction of sp³-hybridized carbons (Fsp3) is 0.231. The Morgan fingerprint density at radius 2 is 2.00 bits per heavy atom. The van der Waals surface area contributed by atoms with Crippen LogP contribution in [0.5, 0.6) is 5.75 Å². The lowest BCUT2D eigenvalue weighted by atomic mass is 10.3. The van der Waals surface area contributed by atoms with Crippen molar-refractivity contribution < 1.29 is 19.4 Å². The van der Waals surface area contributed by atoms with Gasteiger partial charge in [-0.2, -0.15) is 5.10 Å². The van der Waals surface area contributed by atoms with E-state index < -0.39 is 5.97 Å². The van der Waals surface area contributed by atoms with Crippen LogP contribution in [0.3, 0.4) is 0 Å². The van der Waals surface area contributed by atoms with Gasteiger partial charge in [0.05, 0.1) is 25.1 Å². The van der Waals surface area contributed by atoms with Crippen molar-refractivity contribution in [3.05, 3.63) is 41.7 Å². The Balaban J connectivity index is 2.43. The first-order valence-corrected chi connectivity index (χ1v) is 5.61. The first kappa shape index (κ1) is 13.1. The van der Waals surface area contributed by atoms with Crippen LogP contribution in [0.2, 0.25) is 0 Å². The van der Waals surface area contributed by atoms with Gasteiger partial charge >= 0.3 is 5.97 Å². The molecule has 2 rings (SSSR count). The van der Waals surface area contributed by atoms with Crippen molar-refractivity contribution in [2.75, 3.05) is 14.2 Å². The number of carboxylic acid groups (broad SMARTS) is 1. The van der Waals surface area contributed by atoms with Crippen molar-refractivity contribution in [1.29, 1.82) is 0 Å². The minimum Gasteiger partial charge on any atom is -0.497 e. The Morgan fingerprint density at radius 1 is 1.32 bits per heavy atom. The van der Waals surface area contributed by atoms with Crippen molar-refractivity contribution in [2.45, 2.75) is 6.61 Å². The molecule has 0 radical (unpaired) electrons. The molecule has 6 nitrogen and oxygen atoms in total. The molecular formula is C13H14N2O4. The highest BCUT2D eigenvalue weighted by molar-refractivity contribution is 5.85. The van der Waals surface area contributed by atoms with Gasteiger partial charge in [-0.25, -0.2) is 9.48 Å².